The van der Waals surface area contributed by atoms with E-state index in [2.05, 4.69) is 4.72 Å². The average Bonchev–Trinajstić information content (AvgIpc) is 2.83. The highest BCUT2D eigenvalue weighted by Crippen LogP contribution is 2.41. The molecule has 36 heavy (non-hydrogen) atoms. The lowest BCUT2D eigenvalue weighted by molar-refractivity contribution is 0.439. The molecule has 1 atom stereocenters. The van der Waals surface area contributed by atoms with Crippen LogP contribution in [0.25, 0.3) is 22.3 Å². The molecule has 186 valence electrons. The molecule has 4 aromatic rings. The molecule has 1 unspecified atom stereocenters. The summed E-state index contributed by atoms with van der Waals surface area (Å²) in [6.07, 6.45) is 1.91. The Kier molecular flexibility index (Phi) is 7.58. The third kappa shape index (κ3) is 5.68. The third-order valence-electron chi connectivity index (χ3n) is 5.50. The van der Waals surface area contributed by atoms with Gasteiger partial charge in [-0.3, -0.25) is 9.00 Å². The van der Waals surface area contributed by atoms with Crippen molar-refractivity contribution in [1.29, 1.82) is 0 Å². The monoisotopic (exact) mass is 511 g/mol. The zero-order chi connectivity index (χ0) is 25.8. The van der Waals surface area contributed by atoms with Crippen LogP contribution in [-0.2, 0) is 24.7 Å². The number of aromatic hydroxyl groups is 1. The normalized spacial score (nSPS) is 11.9. The number of phenolic OH excluding ortho intramolecular Hbond substituents is 1. The molecule has 0 aliphatic carbocycles. The number of phenols is 1. The molecule has 0 saturated carbocycles. The summed E-state index contributed by atoms with van der Waals surface area (Å²) in [5.41, 5.74) is 2.18. The number of rotatable bonds is 8. The summed E-state index contributed by atoms with van der Waals surface area (Å²) in [7, 11) is 1.57. The zero-order valence-corrected chi connectivity index (χ0v) is 19.9. The van der Waals surface area contributed by atoms with E-state index < -0.39 is 22.9 Å². The number of hydrogen-bond acceptors (Lipinski definition) is 5. The number of aryl methyl sites for hydroxylation is 1. The van der Waals surface area contributed by atoms with E-state index in [-0.39, 0.29) is 29.4 Å². The van der Waals surface area contributed by atoms with E-state index >= 15 is 0 Å². The molecule has 1 aromatic heterocycles. The fraction of sp³-hybridized carbons (Fsp3) is 0.115. The van der Waals surface area contributed by atoms with E-state index in [4.69, 9.17) is 4.74 Å². The fourth-order valence-corrected chi connectivity index (χ4v) is 4.02. The number of pyridine rings is 1. The number of hydrogen-bond donors (Lipinski definition) is 2. The first kappa shape index (κ1) is 25.2. The van der Waals surface area contributed by atoms with E-state index in [0.717, 1.165) is 11.6 Å². The van der Waals surface area contributed by atoms with E-state index in [0.29, 0.717) is 34.7 Å². The van der Waals surface area contributed by atoms with Gasteiger partial charge in [0.2, 0.25) is 0 Å². The van der Waals surface area contributed by atoms with Crippen LogP contribution in [-0.4, -0.2) is 25.0 Å². The van der Waals surface area contributed by atoms with Crippen LogP contribution in [0.15, 0.2) is 77.7 Å². The topological polar surface area (TPSA) is 104 Å². The smallest absolute Gasteiger partial charge is 0.250 e. The molecular formula is C26H21F2N2O5S-. The molecular weight excluding hydrogens is 490 g/mol. The van der Waals surface area contributed by atoms with Crippen molar-refractivity contribution >= 4 is 11.3 Å². The first-order valence-corrected chi connectivity index (χ1v) is 11.9. The molecule has 0 amide bonds. The van der Waals surface area contributed by atoms with Gasteiger partial charge in [0, 0.05) is 65.4 Å². The van der Waals surface area contributed by atoms with Crippen LogP contribution in [0.2, 0.25) is 0 Å². The lowest BCUT2D eigenvalue weighted by Gasteiger charge is -2.18. The van der Waals surface area contributed by atoms with Gasteiger partial charge in [-0.25, -0.2) is 13.5 Å². The maximum Gasteiger partial charge on any atom is 0.250 e. The molecule has 0 fully saturated rings. The minimum Gasteiger partial charge on any atom is -0.760 e. The average molecular weight is 512 g/mol. The minimum atomic E-state index is -2.42. The summed E-state index contributed by atoms with van der Waals surface area (Å²) in [6, 6.07) is 15.8. The Morgan fingerprint density at radius 3 is 2.44 bits per heavy atom. The largest absolute Gasteiger partial charge is 0.760 e. The molecule has 0 radical (unpaired) electrons. The van der Waals surface area contributed by atoms with Gasteiger partial charge in [-0.15, -0.1) is 0 Å². The molecule has 3 aromatic carbocycles. The molecule has 7 nitrogen and oxygen atoms in total. The Balaban J connectivity index is 1.90. The third-order valence-corrected chi connectivity index (χ3v) is 5.94. The number of halogens is 2. The molecule has 2 N–H and O–H groups in total. The van der Waals surface area contributed by atoms with Gasteiger partial charge in [-0.1, -0.05) is 24.3 Å². The molecule has 0 saturated heterocycles. The number of aromatic nitrogens is 1. The van der Waals surface area contributed by atoms with Crippen molar-refractivity contribution in [1.82, 2.24) is 9.29 Å². The minimum absolute atomic E-state index is 0.0441. The van der Waals surface area contributed by atoms with Crippen LogP contribution in [0.3, 0.4) is 0 Å². The van der Waals surface area contributed by atoms with Gasteiger partial charge in [-0.05, 0) is 42.3 Å². The Morgan fingerprint density at radius 1 is 0.972 bits per heavy atom. The van der Waals surface area contributed by atoms with Crippen molar-refractivity contribution in [3.8, 4) is 39.5 Å². The van der Waals surface area contributed by atoms with Gasteiger partial charge in [-0.2, -0.15) is 0 Å². The van der Waals surface area contributed by atoms with Crippen molar-refractivity contribution in [3.63, 3.8) is 0 Å². The predicted octanol–water partition coefficient (Wildman–Crippen LogP) is 4.42. The van der Waals surface area contributed by atoms with Crippen molar-refractivity contribution in [2.45, 2.75) is 6.42 Å². The molecule has 10 heteroatoms. The van der Waals surface area contributed by atoms with Gasteiger partial charge in [0.1, 0.15) is 17.3 Å². The number of para-hydroxylation sites is 1. The Bertz CT molecular complexity index is 1510. The Hall–Kier alpha value is -3.86. The lowest BCUT2D eigenvalue weighted by Crippen LogP contribution is -2.19. The highest BCUT2D eigenvalue weighted by Gasteiger charge is 2.18. The molecule has 0 aliphatic rings. The van der Waals surface area contributed by atoms with Crippen LogP contribution in [0.5, 0.6) is 17.2 Å². The van der Waals surface area contributed by atoms with Crippen molar-refractivity contribution in [2.75, 3.05) is 6.54 Å². The lowest BCUT2D eigenvalue weighted by atomic mass is 9.93. The summed E-state index contributed by atoms with van der Waals surface area (Å²) in [4.78, 5) is 12.5. The van der Waals surface area contributed by atoms with Gasteiger partial charge < -0.3 is 19.0 Å². The van der Waals surface area contributed by atoms with Crippen LogP contribution >= 0.6 is 0 Å². The van der Waals surface area contributed by atoms with Crippen LogP contribution in [0.4, 0.5) is 8.78 Å². The van der Waals surface area contributed by atoms with Crippen LogP contribution in [0, 0.1) is 11.6 Å². The summed E-state index contributed by atoms with van der Waals surface area (Å²) >= 11 is -2.42. The van der Waals surface area contributed by atoms with Crippen molar-refractivity contribution in [2.24, 2.45) is 7.05 Å². The zero-order valence-electron chi connectivity index (χ0n) is 19.0. The quantitative estimate of drug-likeness (QED) is 0.341. The van der Waals surface area contributed by atoms with Crippen molar-refractivity contribution in [3.05, 3.63) is 100 Å². The van der Waals surface area contributed by atoms with Gasteiger partial charge >= 0.3 is 0 Å². The number of ether oxygens (including phenoxy) is 1. The fourth-order valence-electron chi connectivity index (χ4n) is 3.76. The first-order valence-electron chi connectivity index (χ1n) is 10.8. The molecule has 1 heterocycles. The molecule has 0 bridgehead atoms. The van der Waals surface area contributed by atoms with Gasteiger partial charge in [0.25, 0.3) is 5.56 Å². The second-order valence-electron chi connectivity index (χ2n) is 7.95. The van der Waals surface area contributed by atoms with E-state index in [1.54, 1.807) is 49.6 Å². The second kappa shape index (κ2) is 10.8. The summed E-state index contributed by atoms with van der Waals surface area (Å²) in [5, 5.41) is 10.5. The van der Waals surface area contributed by atoms with Crippen LogP contribution in [0.1, 0.15) is 5.56 Å². The Morgan fingerprint density at radius 2 is 1.72 bits per heavy atom. The van der Waals surface area contributed by atoms with Crippen molar-refractivity contribution < 1.29 is 27.4 Å². The predicted molar refractivity (Wildman–Crippen MR) is 131 cm³/mol. The van der Waals surface area contributed by atoms with E-state index in [1.165, 1.54) is 22.8 Å². The maximum atomic E-state index is 14.4. The number of nitrogens with zero attached hydrogens (tertiary/aromatic N) is 1. The SMILES string of the molecule is Cn1cc(-c2cc(CCNS(=O)[O-])ccc2Oc2ccc(F)cc2F)c(-c2ccccc2O)cc1=O. The van der Waals surface area contributed by atoms with Gasteiger partial charge in [0.15, 0.2) is 11.6 Å². The standard InChI is InChI=1S/C26H22F2N2O5S/c1-30-15-21(19(14-26(30)32)18-4-2-3-5-23(18)31)20-12-16(10-11-29-36(33)34)6-8-24(20)35-25-9-7-17(27)13-22(25)28/h2-9,12-15,29,31H,10-11H2,1H3,(H,33,34)/p-1. The van der Waals surface area contributed by atoms with Gasteiger partial charge in [0.05, 0.1) is 0 Å². The number of nitrogens with one attached hydrogen (secondary N) is 1. The van der Waals surface area contributed by atoms with Crippen LogP contribution < -0.4 is 15.0 Å². The molecule has 0 aliphatic heterocycles. The molecule has 4 rings (SSSR count). The summed E-state index contributed by atoms with van der Waals surface area (Å²) < 4.78 is 59.0. The van der Waals surface area contributed by atoms with E-state index in [9.17, 15) is 27.4 Å². The maximum absolute atomic E-state index is 14.4. The highest BCUT2D eigenvalue weighted by atomic mass is 32.2. The summed E-state index contributed by atoms with van der Waals surface area (Å²) in [5.74, 6) is -1.69. The first-order chi connectivity index (χ1) is 17.2. The van der Waals surface area contributed by atoms with E-state index in [1.807, 2.05) is 0 Å². The highest BCUT2D eigenvalue weighted by molar-refractivity contribution is 7.77. The Labute approximate surface area is 208 Å². The number of benzene rings is 3. The second-order valence-corrected chi connectivity index (χ2v) is 8.71. The molecule has 0 spiro atoms. The summed E-state index contributed by atoms with van der Waals surface area (Å²) in [6.45, 7) is 0.141.